The van der Waals surface area contributed by atoms with E-state index in [1.54, 1.807) is 27.7 Å². The third-order valence-electron chi connectivity index (χ3n) is 7.02. The molecular formula is C35H48N4O7S. The number of nitrogens with zero attached hydrogens (tertiary/aromatic N) is 1. The number of sulfonamides is 1. The van der Waals surface area contributed by atoms with Crippen LogP contribution in [-0.2, 0) is 35.5 Å². The van der Waals surface area contributed by atoms with Crippen molar-refractivity contribution in [3.63, 3.8) is 0 Å². The quantitative estimate of drug-likeness (QED) is 0.152. The van der Waals surface area contributed by atoms with Crippen LogP contribution in [0.1, 0.15) is 58.1 Å². The fourth-order valence-corrected chi connectivity index (χ4v) is 6.63. The van der Waals surface area contributed by atoms with E-state index >= 15 is 0 Å². The van der Waals surface area contributed by atoms with Crippen molar-refractivity contribution >= 4 is 33.7 Å². The fraction of sp³-hybridized carbons (Fsp3) is 0.400. The number of amides is 2. The van der Waals surface area contributed by atoms with E-state index < -0.39 is 40.1 Å². The largest absolute Gasteiger partial charge is 0.465 e. The molecule has 11 nitrogen and oxygen atoms in total. The van der Waals surface area contributed by atoms with Crippen molar-refractivity contribution < 1.29 is 32.3 Å². The highest BCUT2D eigenvalue weighted by atomic mass is 32.2. The summed E-state index contributed by atoms with van der Waals surface area (Å²) >= 11 is 0. The molecule has 0 heterocycles. The van der Waals surface area contributed by atoms with Gasteiger partial charge in [0.2, 0.25) is 15.9 Å². The number of carbonyl (C=O) groups is 3. The molecule has 0 aromatic heterocycles. The average Bonchev–Trinajstić information content (AvgIpc) is 3.04. The number of alkyl carbamates (subject to hydrolysis) is 1. The number of anilines is 1. The van der Waals surface area contributed by atoms with Crippen LogP contribution in [0.5, 0.6) is 0 Å². The second-order valence-electron chi connectivity index (χ2n) is 11.2. The standard InChI is InChI=1S/C22H36N4O7S.C13H12/c1-6-33-21(28)19(9-7-8-16(4)25-20(27)14-24-22(29)32-5)26(15(2)3)34(30,31)18-12-10-17(23)11-13-18;1-3-7-12(8-4-1)11-13-9-5-2-6-10-13/h10-13,15-16,19H,6-9,14,23H2,1-5H3,(H,24,29)(H,25,27);1-10H,11H2/t16-,19-;/m0./s1. The van der Waals surface area contributed by atoms with Crippen molar-refractivity contribution in [1.82, 2.24) is 14.9 Å². The van der Waals surface area contributed by atoms with Crippen molar-refractivity contribution in [2.45, 2.75) is 76.4 Å². The summed E-state index contributed by atoms with van der Waals surface area (Å²) < 4.78 is 37.6. The molecule has 0 aliphatic carbocycles. The molecule has 0 saturated carbocycles. The van der Waals surface area contributed by atoms with Gasteiger partial charge >= 0.3 is 12.1 Å². The molecule has 0 fully saturated rings. The van der Waals surface area contributed by atoms with Crippen molar-refractivity contribution in [3.8, 4) is 0 Å². The third kappa shape index (κ3) is 13.5. The van der Waals surface area contributed by atoms with Crippen LogP contribution in [0, 0.1) is 0 Å². The first-order valence-corrected chi connectivity index (χ1v) is 17.1. The summed E-state index contributed by atoms with van der Waals surface area (Å²) in [4.78, 5) is 35.8. The number of ether oxygens (including phenoxy) is 2. The Morgan fingerprint density at radius 2 is 1.40 bits per heavy atom. The highest BCUT2D eigenvalue weighted by Gasteiger charge is 2.38. The first kappa shape index (κ1) is 38.8. The van der Waals surface area contributed by atoms with Crippen molar-refractivity contribution in [2.75, 3.05) is 26.0 Å². The van der Waals surface area contributed by atoms with E-state index in [0.717, 1.165) is 6.42 Å². The lowest BCUT2D eigenvalue weighted by Crippen LogP contribution is -2.49. The van der Waals surface area contributed by atoms with Gasteiger partial charge in [0.25, 0.3) is 0 Å². The predicted molar refractivity (Wildman–Crippen MR) is 183 cm³/mol. The molecule has 0 saturated heterocycles. The molecule has 47 heavy (non-hydrogen) atoms. The lowest BCUT2D eigenvalue weighted by atomic mass is 10.1. The maximum absolute atomic E-state index is 13.4. The Hall–Kier alpha value is -4.42. The van der Waals surface area contributed by atoms with E-state index in [0.29, 0.717) is 18.5 Å². The zero-order chi connectivity index (χ0) is 34.8. The normalized spacial score (nSPS) is 12.3. The summed E-state index contributed by atoms with van der Waals surface area (Å²) in [5.74, 6) is -1.02. The van der Waals surface area contributed by atoms with Gasteiger partial charge in [0.1, 0.15) is 12.6 Å². The number of benzene rings is 3. The number of rotatable bonds is 15. The SMILES string of the molecule is CCOC(=O)[C@H](CCC[C@H](C)NC(=O)CNC(=O)OC)N(C(C)C)S(=O)(=O)c1ccc(N)cc1.c1ccc(Cc2ccccc2)cc1. The molecule has 0 unspecified atom stereocenters. The van der Waals surface area contributed by atoms with Gasteiger partial charge < -0.3 is 25.8 Å². The lowest BCUT2D eigenvalue weighted by molar-refractivity contribution is -0.148. The molecule has 2 atom stereocenters. The molecule has 3 aromatic rings. The number of nitrogen functional groups attached to an aromatic ring is 1. The molecule has 12 heteroatoms. The number of methoxy groups -OCH3 is 1. The highest BCUT2D eigenvalue weighted by Crippen LogP contribution is 2.25. The number of hydrogen-bond acceptors (Lipinski definition) is 8. The van der Waals surface area contributed by atoms with Crippen LogP contribution < -0.4 is 16.4 Å². The third-order valence-corrected chi connectivity index (χ3v) is 9.12. The van der Waals surface area contributed by atoms with Gasteiger partial charge in [-0.15, -0.1) is 0 Å². The minimum Gasteiger partial charge on any atom is -0.465 e. The van der Waals surface area contributed by atoms with Gasteiger partial charge in [-0.1, -0.05) is 60.7 Å². The van der Waals surface area contributed by atoms with E-state index in [9.17, 15) is 22.8 Å². The monoisotopic (exact) mass is 668 g/mol. The van der Waals surface area contributed by atoms with Gasteiger partial charge in [-0.25, -0.2) is 13.2 Å². The molecule has 4 N–H and O–H groups in total. The first-order chi connectivity index (χ1) is 22.4. The van der Waals surface area contributed by atoms with Gasteiger partial charge in [0.05, 0.1) is 18.6 Å². The Balaban J connectivity index is 0.000000484. The molecule has 0 aliphatic heterocycles. The van der Waals surface area contributed by atoms with E-state index in [-0.39, 0.29) is 30.5 Å². The summed E-state index contributed by atoms with van der Waals surface area (Å²) in [5, 5.41) is 5.02. The van der Waals surface area contributed by atoms with Gasteiger partial charge in [0, 0.05) is 17.8 Å². The van der Waals surface area contributed by atoms with Crippen molar-refractivity contribution in [1.29, 1.82) is 0 Å². The van der Waals surface area contributed by atoms with Crippen LogP contribution in [0.25, 0.3) is 0 Å². The maximum atomic E-state index is 13.4. The Morgan fingerprint density at radius 1 is 0.851 bits per heavy atom. The molecule has 0 spiro atoms. The summed E-state index contributed by atoms with van der Waals surface area (Å²) in [7, 11) is -2.81. The smallest absolute Gasteiger partial charge is 0.407 e. The molecule has 3 aromatic carbocycles. The second kappa shape index (κ2) is 20.0. The van der Waals surface area contributed by atoms with Gasteiger partial charge in [-0.05, 0) is 88.8 Å². The first-order valence-electron chi connectivity index (χ1n) is 15.6. The Bertz CT molecular complexity index is 1450. The molecule has 2 amide bonds. The van der Waals surface area contributed by atoms with Gasteiger partial charge in [-0.3, -0.25) is 9.59 Å². The van der Waals surface area contributed by atoms with E-state index in [1.807, 2.05) is 0 Å². The minimum absolute atomic E-state index is 0.0310. The lowest BCUT2D eigenvalue weighted by Gasteiger charge is -2.32. The molecule has 256 valence electrons. The van der Waals surface area contributed by atoms with Crippen molar-refractivity contribution in [2.24, 2.45) is 0 Å². The van der Waals surface area contributed by atoms with E-state index in [1.165, 1.54) is 46.8 Å². The Labute approximate surface area is 278 Å². The highest BCUT2D eigenvalue weighted by molar-refractivity contribution is 7.89. The molecular weight excluding hydrogens is 620 g/mol. The molecule has 0 radical (unpaired) electrons. The second-order valence-corrected chi connectivity index (χ2v) is 13.0. The Kier molecular flexibility index (Phi) is 16.5. The zero-order valence-corrected chi connectivity index (χ0v) is 28.7. The van der Waals surface area contributed by atoms with Crippen LogP contribution in [0.3, 0.4) is 0 Å². The fourth-order valence-electron chi connectivity index (χ4n) is 4.82. The number of hydrogen-bond donors (Lipinski definition) is 3. The van der Waals surface area contributed by atoms with Gasteiger partial charge in [-0.2, -0.15) is 4.31 Å². The van der Waals surface area contributed by atoms with E-state index in [2.05, 4.69) is 76.0 Å². The number of esters is 1. The van der Waals surface area contributed by atoms with E-state index in [4.69, 9.17) is 10.5 Å². The molecule has 0 bridgehead atoms. The van der Waals surface area contributed by atoms with Crippen LogP contribution >= 0.6 is 0 Å². The summed E-state index contributed by atoms with van der Waals surface area (Å²) in [6.07, 6.45) is 1.44. The summed E-state index contributed by atoms with van der Waals surface area (Å²) in [5.41, 5.74) is 8.85. The number of carbonyl (C=O) groups excluding carboxylic acids is 3. The zero-order valence-electron chi connectivity index (χ0n) is 27.8. The number of nitrogens with one attached hydrogen (secondary N) is 2. The Morgan fingerprint density at radius 3 is 1.89 bits per heavy atom. The summed E-state index contributed by atoms with van der Waals surface area (Å²) in [6.45, 7) is 6.70. The van der Waals surface area contributed by atoms with Crippen LogP contribution in [0.4, 0.5) is 10.5 Å². The maximum Gasteiger partial charge on any atom is 0.407 e. The summed E-state index contributed by atoms with van der Waals surface area (Å²) in [6, 6.07) is 25.0. The molecule has 0 aliphatic rings. The van der Waals surface area contributed by atoms with Crippen LogP contribution in [0.15, 0.2) is 89.8 Å². The van der Waals surface area contributed by atoms with Crippen LogP contribution in [0.2, 0.25) is 0 Å². The molecule has 3 rings (SSSR count). The van der Waals surface area contributed by atoms with Gasteiger partial charge in [0.15, 0.2) is 0 Å². The number of nitrogens with two attached hydrogens (primary N) is 1. The minimum atomic E-state index is -4.01. The average molecular weight is 669 g/mol. The topological polar surface area (TPSA) is 157 Å². The van der Waals surface area contributed by atoms with Crippen molar-refractivity contribution in [3.05, 3.63) is 96.1 Å². The van der Waals surface area contributed by atoms with Crippen LogP contribution in [-0.4, -0.2) is 69.1 Å². The predicted octanol–water partition coefficient (Wildman–Crippen LogP) is 4.91.